The van der Waals surface area contributed by atoms with Gasteiger partial charge in [0.05, 0.1) is 33.8 Å². The van der Waals surface area contributed by atoms with Gasteiger partial charge in [-0.3, -0.25) is 14.4 Å². The number of methoxy groups -OCH3 is 3. The van der Waals surface area contributed by atoms with Crippen molar-refractivity contribution in [3.63, 3.8) is 0 Å². The molecule has 2 aliphatic rings. The number of amides is 2. The lowest BCUT2D eigenvalue weighted by molar-refractivity contribution is -0.139. The molecular weight excluding hydrogens is 502 g/mol. The van der Waals surface area contributed by atoms with Crippen molar-refractivity contribution < 1.29 is 33.3 Å². The van der Waals surface area contributed by atoms with Crippen LogP contribution in [0.1, 0.15) is 43.4 Å². The van der Waals surface area contributed by atoms with E-state index in [0.717, 1.165) is 35.3 Å². The number of hydrogen-bond donors (Lipinski definition) is 1. The van der Waals surface area contributed by atoms with Crippen molar-refractivity contribution in [2.24, 2.45) is 0 Å². The molecule has 0 spiro atoms. The molecule has 1 aliphatic heterocycles. The van der Waals surface area contributed by atoms with E-state index in [-0.39, 0.29) is 30.7 Å². The molecule has 1 N–H and O–H groups in total. The standard InChI is InChI=1S/C29H37N3O7/c1-18(33)30-23-9-6-19-16-24(36-3)28(37-4)29(38-5)27(19)21-8-7-20(17-22(21)23)39-26(35)11-10-25(34)32-14-12-31(2)13-15-32/h7-8,16-17,23H,6,9-15H2,1-5H3,(H,30,33)/t23-/m0/s1. The molecule has 1 saturated heterocycles. The van der Waals surface area contributed by atoms with Crippen LogP contribution in [-0.4, -0.2) is 82.1 Å². The van der Waals surface area contributed by atoms with E-state index in [1.54, 1.807) is 38.4 Å². The number of piperazine rings is 1. The van der Waals surface area contributed by atoms with Crippen molar-refractivity contribution in [3.8, 4) is 34.1 Å². The number of carbonyl (C=O) groups is 3. The SMILES string of the molecule is COc1cc2c(c(OC)c1OC)-c1ccc(OC(=O)CCC(=O)N3CCN(C)CC3)cc1[C@@H](NC(C)=O)CC2. The Morgan fingerprint density at radius 1 is 0.949 bits per heavy atom. The van der Waals surface area contributed by atoms with E-state index >= 15 is 0 Å². The molecule has 4 rings (SSSR count). The van der Waals surface area contributed by atoms with Gasteiger partial charge < -0.3 is 34.1 Å². The number of ether oxygens (including phenoxy) is 4. The highest BCUT2D eigenvalue weighted by molar-refractivity contribution is 5.85. The van der Waals surface area contributed by atoms with Crippen LogP contribution in [0.5, 0.6) is 23.0 Å². The van der Waals surface area contributed by atoms with Crippen LogP contribution in [0.25, 0.3) is 11.1 Å². The van der Waals surface area contributed by atoms with Crippen LogP contribution >= 0.6 is 0 Å². The van der Waals surface area contributed by atoms with Crippen LogP contribution in [0.2, 0.25) is 0 Å². The van der Waals surface area contributed by atoms with Crippen LogP contribution in [0.4, 0.5) is 0 Å². The second-order valence-corrected chi connectivity index (χ2v) is 9.88. The summed E-state index contributed by atoms with van der Waals surface area (Å²) < 4.78 is 22.6. The number of esters is 1. The molecule has 0 saturated carbocycles. The first-order chi connectivity index (χ1) is 18.7. The van der Waals surface area contributed by atoms with Gasteiger partial charge in [0, 0.05) is 45.1 Å². The molecule has 10 nitrogen and oxygen atoms in total. The Labute approximate surface area is 229 Å². The summed E-state index contributed by atoms with van der Waals surface area (Å²) in [5.41, 5.74) is 3.47. The first kappa shape index (κ1) is 28.2. The van der Waals surface area contributed by atoms with Crippen molar-refractivity contribution in [1.82, 2.24) is 15.1 Å². The average Bonchev–Trinajstić information content (AvgIpc) is 3.07. The van der Waals surface area contributed by atoms with Crippen LogP contribution < -0.4 is 24.3 Å². The van der Waals surface area contributed by atoms with Crippen LogP contribution in [0.3, 0.4) is 0 Å². The predicted molar refractivity (Wildman–Crippen MR) is 145 cm³/mol. The average molecular weight is 540 g/mol. The van der Waals surface area contributed by atoms with Gasteiger partial charge in [-0.1, -0.05) is 6.07 Å². The quantitative estimate of drug-likeness (QED) is 0.403. The Morgan fingerprint density at radius 2 is 1.67 bits per heavy atom. The van der Waals surface area contributed by atoms with E-state index in [4.69, 9.17) is 18.9 Å². The third-order valence-corrected chi connectivity index (χ3v) is 7.29. The lowest BCUT2D eigenvalue weighted by Crippen LogP contribution is -2.47. The van der Waals surface area contributed by atoms with Gasteiger partial charge in [-0.25, -0.2) is 0 Å². The summed E-state index contributed by atoms with van der Waals surface area (Å²) in [5, 5.41) is 3.03. The zero-order valence-corrected chi connectivity index (χ0v) is 23.3. The summed E-state index contributed by atoms with van der Waals surface area (Å²) in [6.45, 7) is 4.47. The van der Waals surface area contributed by atoms with Gasteiger partial charge in [-0.05, 0) is 54.8 Å². The molecule has 0 aromatic heterocycles. The van der Waals surface area contributed by atoms with Crippen LogP contribution in [0.15, 0.2) is 24.3 Å². The molecule has 1 atom stereocenters. The number of nitrogens with one attached hydrogen (secondary N) is 1. The van der Waals surface area contributed by atoms with E-state index in [9.17, 15) is 14.4 Å². The minimum atomic E-state index is -0.480. The number of likely N-dealkylation sites (N-methyl/N-ethyl adjacent to an activating group) is 1. The Balaban J connectivity index is 1.60. The second-order valence-electron chi connectivity index (χ2n) is 9.88. The Morgan fingerprint density at radius 3 is 2.31 bits per heavy atom. The molecule has 2 amide bonds. The number of hydrogen-bond acceptors (Lipinski definition) is 8. The van der Waals surface area contributed by atoms with Crippen molar-refractivity contribution in [1.29, 1.82) is 0 Å². The number of nitrogens with zero attached hydrogens (tertiary/aromatic N) is 2. The van der Waals surface area contributed by atoms with E-state index in [1.807, 2.05) is 19.2 Å². The number of aryl methyl sites for hydroxylation is 1. The summed E-state index contributed by atoms with van der Waals surface area (Å²) in [5.74, 6) is 1.23. The monoisotopic (exact) mass is 539 g/mol. The minimum Gasteiger partial charge on any atom is -0.493 e. The van der Waals surface area contributed by atoms with Crippen molar-refractivity contribution in [3.05, 3.63) is 35.4 Å². The molecule has 0 radical (unpaired) electrons. The fourth-order valence-electron chi connectivity index (χ4n) is 5.28. The summed E-state index contributed by atoms with van der Waals surface area (Å²) >= 11 is 0. The maximum atomic E-state index is 12.7. The van der Waals surface area contributed by atoms with Gasteiger partial charge in [0.25, 0.3) is 0 Å². The fraction of sp³-hybridized carbons (Fsp3) is 0.483. The molecule has 1 heterocycles. The van der Waals surface area contributed by atoms with Gasteiger partial charge in [0.15, 0.2) is 11.5 Å². The van der Waals surface area contributed by atoms with Crippen LogP contribution in [0, 0.1) is 0 Å². The molecule has 2 aromatic rings. The maximum absolute atomic E-state index is 12.7. The smallest absolute Gasteiger partial charge is 0.311 e. The Bertz CT molecular complexity index is 1240. The highest BCUT2D eigenvalue weighted by Gasteiger charge is 2.30. The third kappa shape index (κ3) is 6.27. The molecule has 0 unspecified atom stereocenters. The molecule has 2 aromatic carbocycles. The topological polar surface area (TPSA) is 107 Å². The van der Waals surface area contributed by atoms with E-state index in [2.05, 4.69) is 10.2 Å². The minimum absolute atomic E-state index is 0.00890. The predicted octanol–water partition coefficient (Wildman–Crippen LogP) is 2.96. The Hall–Kier alpha value is -3.79. The summed E-state index contributed by atoms with van der Waals surface area (Å²) in [4.78, 5) is 41.3. The van der Waals surface area contributed by atoms with E-state index in [0.29, 0.717) is 48.9 Å². The van der Waals surface area contributed by atoms with E-state index in [1.165, 1.54) is 6.92 Å². The number of rotatable bonds is 8. The molecule has 10 heteroatoms. The third-order valence-electron chi connectivity index (χ3n) is 7.29. The number of fused-ring (bicyclic) bond motifs is 3. The fourth-order valence-corrected chi connectivity index (χ4v) is 5.28. The van der Waals surface area contributed by atoms with Gasteiger partial charge in [-0.2, -0.15) is 0 Å². The zero-order valence-electron chi connectivity index (χ0n) is 23.3. The first-order valence-corrected chi connectivity index (χ1v) is 13.2. The molecule has 210 valence electrons. The molecule has 1 aliphatic carbocycles. The van der Waals surface area contributed by atoms with Gasteiger partial charge in [0.2, 0.25) is 17.6 Å². The highest BCUT2D eigenvalue weighted by Crippen LogP contribution is 2.50. The largest absolute Gasteiger partial charge is 0.493 e. The second kappa shape index (κ2) is 12.4. The molecule has 39 heavy (non-hydrogen) atoms. The summed E-state index contributed by atoms with van der Waals surface area (Å²) in [6.07, 6.45) is 1.36. The highest BCUT2D eigenvalue weighted by atomic mass is 16.5. The van der Waals surface area contributed by atoms with Gasteiger partial charge in [-0.15, -0.1) is 0 Å². The van der Waals surface area contributed by atoms with Crippen molar-refractivity contribution in [2.75, 3.05) is 54.6 Å². The Kier molecular flexibility index (Phi) is 8.96. The van der Waals surface area contributed by atoms with Gasteiger partial charge in [0.1, 0.15) is 5.75 Å². The summed E-state index contributed by atoms with van der Waals surface area (Å²) in [6, 6.07) is 6.98. The van der Waals surface area contributed by atoms with E-state index < -0.39 is 5.97 Å². The normalized spacial score (nSPS) is 16.8. The molecular formula is C29H37N3O7. The van der Waals surface area contributed by atoms with Crippen LogP contribution in [-0.2, 0) is 20.8 Å². The van der Waals surface area contributed by atoms with Gasteiger partial charge >= 0.3 is 5.97 Å². The maximum Gasteiger partial charge on any atom is 0.311 e. The first-order valence-electron chi connectivity index (χ1n) is 13.2. The summed E-state index contributed by atoms with van der Waals surface area (Å²) in [7, 11) is 6.74. The van der Waals surface area contributed by atoms with Crippen molar-refractivity contribution >= 4 is 17.8 Å². The number of benzene rings is 2. The molecule has 0 bridgehead atoms. The lowest BCUT2D eigenvalue weighted by atomic mass is 9.93. The zero-order chi connectivity index (χ0) is 28.1. The number of carbonyl (C=O) groups excluding carboxylic acids is 3. The lowest BCUT2D eigenvalue weighted by Gasteiger charge is -2.32. The van der Waals surface area contributed by atoms with Crippen molar-refractivity contribution in [2.45, 2.75) is 38.6 Å². The molecule has 1 fully saturated rings.